The molecule has 2 aromatic rings. The smallest absolute Gasteiger partial charge is 0.378 e. The van der Waals surface area contributed by atoms with Gasteiger partial charge in [0.25, 0.3) is 5.78 Å². The van der Waals surface area contributed by atoms with Gasteiger partial charge in [-0.25, -0.2) is 4.79 Å². The van der Waals surface area contributed by atoms with Crippen molar-refractivity contribution in [2.75, 3.05) is 0 Å². The normalized spacial score (nSPS) is 10.6. The Morgan fingerprint density at radius 3 is 2.69 bits per heavy atom. The zero-order valence-electron chi connectivity index (χ0n) is 8.37. The van der Waals surface area contributed by atoms with Crippen LogP contribution in [0.15, 0.2) is 18.2 Å². The molecule has 0 bridgehead atoms. The highest BCUT2D eigenvalue weighted by atomic mass is 35.5. The van der Waals surface area contributed by atoms with Crippen LogP contribution in [-0.4, -0.2) is 21.8 Å². The number of rotatable bonds is 2. The molecule has 1 aromatic carbocycles. The summed E-state index contributed by atoms with van der Waals surface area (Å²) >= 11 is 5.83. The Morgan fingerprint density at radius 1 is 1.38 bits per heavy atom. The van der Waals surface area contributed by atoms with Gasteiger partial charge in [0.15, 0.2) is 0 Å². The molecular formula is C11H8ClNO3. The molecule has 16 heavy (non-hydrogen) atoms. The van der Waals surface area contributed by atoms with Crippen molar-refractivity contribution in [1.29, 1.82) is 0 Å². The first kappa shape index (κ1) is 10.7. The van der Waals surface area contributed by atoms with E-state index < -0.39 is 11.8 Å². The number of nitrogens with one attached hydrogen (secondary N) is 1. The lowest BCUT2D eigenvalue weighted by Crippen LogP contribution is -2.14. The van der Waals surface area contributed by atoms with Gasteiger partial charge in [0.05, 0.1) is 5.69 Å². The third kappa shape index (κ3) is 1.57. The first-order valence-corrected chi connectivity index (χ1v) is 4.94. The van der Waals surface area contributed by atoms with Crippen LogP contribution >= 0.6 is 11.6 Å². The highest BCUT2D eigenvalue weighted by molar-refractivity contribution is 6.40. The monoisotopic (exact) mass is 237 g/mol. The van der Waals surface area contributed by atoms with E-state index in [-0.39, 0.29) is 5.69 Å². The van der Waals surface area contributed by atoms with Crippen molar-refractivity contribution in [3.63, 3.8) is 0 Å². The molecule has 0 aliphatic heterocycles. The number of fused-ring (bicyclic) bond motifs is 1. The van der Waals surface area contributed by atoms with Crippen LogP contribution in [0.4, 0.5) is 0 Å². The summed E-state index contributed by atoms with van der Waals surface area (Å²) in [6, 6.07) is 5.08. The van der Waals surface area contributed by atoms with Crippen LogP contribution < -0.4 is 0 Å². The van der Waals surface area contributed by atoms with E-state index in [9.17, 15) is 9.59 Å². The number of carboxylic acid groups (broad SMARTS) is 1. The zero-order valence-corrected chi connectivity index (χ0v) is 9.13. The number of halogens is 1. The number of hydrogen-bond donors (Lipinski definition) is 2. The van der Waals surface area contributed by atoms with E-state index in [1.165, 1.54) is 0 Å². The van der Waals surface area contributed by atoms with Crippen LogP contribution in [0.25, 0.3) is 10.9 Å². The summed E-state index contributed by atoms with van der Waals surface area (Å²) in [5.74, 6) is -2.41. The molecular weight excluding hydrogens is 230 g/mol. The van der Waals surface area contributed by atoms with Gasteiger partial charge in [-0.1, -0.05) is 11.6 Å². The van der Waals surface area contributed by atoms with Gasteiger partial charge in [-0.05, 0) is 30.7 Å². The Morgan fingerprint density at radius 2 is 2.06 bits per heavy atom. The van der Waals surface area contributed by atoms with Gasteiger partial charge in [0.2, 0.25) is 0 Å². The lowest BCUT2D eigenvalue weighted by atomic mass is 10.1. The Kier molecular flexibility index (Phi) is 2.44. The quantitative estimate of drug-likeness (QED) is 0.622. The number of carbonyl (C=O) groups is 2. The predicted octanol–water partition coefficient (Wildman–Crippen LogP) is 2.40. The van der Waals surface area contributed by atoms with E-state index in [2.05, 4.69) is 4.98 Å². The van der Waals surface area contributed by atoms with E-state index >= 15 is 0 Å². The first-order chi connectivity index (χ1) is 7.50. The molecule has 2 N–H and O–H groups in total. The molecule has 0 unspecified atom stereocenters. The molecule has 0 saturated heterocycles. The number of aryl methyl sites for hydroxylation is 1. The minimum Gasteiger partial charge on any atom is -0.475 e. The molecule has 0 amide bonds. The summed E-state index contributed by atoms with van der Waals surface area (Å²) in [7, 11) is 0. The topological polar surface area (TPSA) is 70.2 Å². The second kappa shape index (κ2) is 3.64. The minimum atomic E-state index is -1.47. The highest BCUT2D eigenvalue weighted by Crippen LogP contribution is 2.25. The Bertz CT molecular complexity index is 601. The second-order valence-corrected chi connectivity index (χ2v) is 3.89. The largest absolute Gasteiger partial charge is 0.475 e. The lowest BCUT2D eigenvalue weighted by molar-refractivity contribution is -0.131. The van der Waals surface area contributed by atoms with Crippen molar-refractivity contribution >= 4 is 34.3 Å². The van der Waals surface area contributed by atoms with Crippen LogP contribution in [0, 0.1) is 6.92 Å². The number of Topliss-reactive ketones (excluding diaryl/α,β-unsaturated/α-hetero) is 1. The fraction of sp³-hybridized carbons (Fsp3) is 0.0909. The maximum absolute atomic E-state index is 11.4. The van der Waals surface area contributed by atoms with E-state index in [0.29, 0.717) is 16.1 Å². The van der Waals surface area contributed by atoms with Gasteiger partial charge >= 0.3 is 5.97 Å². The van der Waals surface area contributed by atoms with Gasteiger partial charge in [0.1, 0.15) is 0 Å². The molecule has 2 rings (SSSR count). The van der Waals surface area contributed by atoms with Crippen molar-refractivity contribution in [3.8, 4) is 0 Å². The Labute approximate surface area is 95.8 Å². The van der Waals surface area contributed by atoms with Crippen LogP contribution in [0.3, 0.4) is 0 Å². The molecule has 0 atom stereocenters. The second-order valence-electron chi connectivity index (χ2n) is 3.45. The van der Waals surface area contributed by atoms with E-state index in [1.807, 2.05) is 0 Å². The van der Waals surface area contributed by atoms with Crippen molar-refractivity contribution in [2.45, 2.75) is 6.92 Å². The number of carboxylic acids is 1. The summed E-state index contributed by atoms with van der Waals surface area (Å²) in [4.78, 5) is 24.7. The summed E-state index contributed by atoms with van der Waals surface area (Å²) in [6.07, 6.45) is 0. The van der Waals surface area contributed by atoms with E-state index in [1.54, 1.807) is 25.1 Å². The number of carbonyl (C=O) groups excluding carboxylic acids is 1. The van der Waals surface area contributed by atoms with Crippen molar-refractivity contribution in [1.82, 2.24) is 4.98 Å². The van der Waals surface area contributed by atoms with E-state index in [0.717, 1.165) is 5.39 Å². The molecule has 0 radical (unpaired) electrons. The molecule has 0 aliphatic rings. The third-order valence-electron chi connectivity index (χ3n) is 2.44. The summed E-state index contributed by atoms with van der Waals surface area (Å²) in [5, 5.41) is 9.95. The van der Waals surface area contributed by atoms with Gasteiger partial charge in [0, 0.05) is 15.9 Å². The summed E-state index contributed by atoms with van der Waals surface area (Å²) < 4.78 is 0. The third-order valence-corrected chi connectivity index (χ3v) is 2.68. The average Bonchev–Trinajstić information content (AvgIpc) is 2.55. The number of H-pyrrole nitrogens is 1. The maximum atomic E-state index is 11.4. The highest BCUT2D eigenvalue weighted by Gasteiger charge is 2.20. The Balaban J connectivity index is 2.69. The number of benzene rings is 1. The molecule has 4 nitrogen and oxygen atoms in total. The van der Waals surface area contributed by atoms with Gasteiger partial charge in [-0.15, -0.1) is 0 Å². The molecule has 0 aliphatic carbocycles. The zero-order chi connectivity index (χ0) is 11.9. The lowest BCUT2D eigenvalue weighted by Gasteiger charge is -1.93. The standard InChI is InChI=1S/C11H8ClNO3/c1-5-7-4-6(12)2-3-8(7)13-9(5)10(14)11(15)16/h2-4,13H,1H3,(H,15,16). The molecule has 0 saturated carbocycles. The molecule has 1 aromatic heterocycles. The number of ketones is 1. The number of aliphatic carboxylic acids is 1. The van der Waals surface area contributed by atoms with Crippen LogP contribution in [0.2, 0.25) is 5.02 Å². The average molecular weight is 238 g/mol. The van der Waals surface area contributed by atoms with Gasteiger partial charge < -0.3 is 10.1 Å². The number of aromatic amines is 1. The number of aromatic nitrogens is 1. The molecule has 1 heterocycles. The maximum Gasteiger partial charge on any atom is 0.378 e. The summed E-state index contributed by atoms with van der Waals surface area (Å²) in [6.45, 7) is 1.69. The summed E-state index contributed by atoms with van der Waals surface area (Å²) in [5.41, 5.74) is 1.40. The molecule has 0 fully saturated rings. The fourth-order valence-corrected chi connectivity index (χ4v) is 1.80. The molecule has 82 valence electrons. The van der Waals surface area contributed by atoms with Gasteiger partial charge in [-0.2, -0.15) is 0 Å². The van der Waals surface area contributed by atoms with Crippen LogP contribution in [-0.2, 0) is 4.79 Å². The minimum absolute atomic E-state index is 0.102. The van der Waals surface area contributed by atoms with Crippen LogP contribution in [0.1, 0.15) is 16.1 Å². The van der Waals surface area contributed by atoms with Crippen molar-refractivity contribution in [2.24, 2.45) is 0 Å². The molecule has 0 spiro atoms. The first-order valence-electron chi connectivity index (χ1n) is 4.56. The molecule has 5 heteroatoms. The van der Waals surface area contributed by atoms with Crippen molar-refractivity contribution in [3.05, 3.63) is 34.5 Å². The fourth-order valence-electron chi connectivity index (χ4n) is 1.63. The number of hydrogen-bond acceptors (Lipinski definition) is 2. The SMILES string of the molecule is Cc1c(C(=O)C(=O)O)[nH]c2ccc(Cl)cc12. The van der Waals surface area contributed by atoms with Gasteiger partial charge in [-0.3, -0.25) is 4.79 Å². The van der Waals surface area contributed by atoms with Crippen LogP contribution in [0.5, 0.6) is 0 Å². The van der Waals surface area contributed by atoms with E-state index in [4.69, 9.17) is 16.7 Å². The Hall–Kier alpha value is -1.81. The predicted molar refractivity (Wildman–Crippen MR) is 60.0 cm³/mol. The van der Waals surface area contributed by atoms with Crippen molar-refractivity contribution < 1.29 is 14.7 Å².